The van der Waals surface area contributed by atoms with Gasteiger partial charge in [0, 0.05) is 49.7 Å². The first-order valence-electron chi connectivity index (χ1n) is 9.95. The van der Waals surface area contributed by atoms with Gasteiger partial charge in [-0.3, -0.25) is 14.4 Å². The predicted octanol–water partition coefficient (Wildman–Crippen LogP) is 2.20. The normalized spacial score (nSPS) is 16.8. The second-order valence-electron chi connectivity index (χ2n) is 7.83. The minimum atomic E-state index is -3.87. The molecular formula is C20H22N8O2S. The Balaban J connectivity index is 1.43. The zero-order valence-corrected chi connectivity index (χ0v) is 18.0. The van der Waals surface area contributed by atoms with Gasteiger partial charge >= 0.3 is 0 Å². The van der Waals surface area contributed by atoms with Gasteiger partial charge in [-0.1, -0.05) is 6.92 Å². The molecule has 1 aliphatic rings. The summed E-state index contributed by atoms with van der Waals surface area (Å²) in [5.74, 6) is 1.22. The largest absolute Gasteiger partial charge is 0.371 e. The number of pyridine rings is 2. The number of hydrogen-bond donors (Lipinski definition) is 1. The van der Waals surface area contributed by atoms with Crippen LogP contribution in [0, 0.1) is 5.92 Å². The highest BCUT2D eigenvalue weighted by atomic mass is 32.2. The van der Waals surface area contributed by atoms with E-state index < -0.39 is 10.0 Å². The summed E-state index contributed by atoms with van der Waals surface area (Å²) in [4.78, 5) is 10.8. The molecule has 0 spiro atoms. The fraction of sp³-hybridized carbons (Fsp3) is 0.300. The van der Waals surface area contributed by atoms with E-state index in [9.17, 15) is 8.42 Å². The molecule has 1 atom stereocenters. The Bertz CT molecular complexity index is 1360. The standard InChI is InChI=1S/C20H22N8O2S/c1-14-4-6-27(12-14)16-3-5-22-19(7-16)28-13-17(10-24-28)31(29,30)25-18-11-21-8-15-9-23-26(2)20(15)18/h3,5,7-11,13-14,25H,4,6,12H2,1-2H3/t14-/m0/s1. The van der Waals surface area contributed by atoms with Crippen LogP contribution in [0.2, 0.25) is 0 Å². The molecule has 0 radical (unpaired) electrons. The third-order valence-corrected chi connectivity index (χ3v) is 6.83. The quantitative estimate of drug-likeness (QED) is 0.508. The molecule has 0 aliphatic carbocycles. The fourth-order valence-electron chi connectivity index (χ4n) is 3.88. The summed E-state index contributed by atoms with van der Waals surface area (Å²) >= 11 is 0. The maximum atomic E-state index is 13.0. The molecule has 4 aromatic heterocycles. The summed E-state index contributed by atoms with van der Waals surface area (Å²) in [6.45, 7) is 4.24. The Labute approximate surface area is 179 Å². The van der Waals surface area contributed by atoms with Crippen LogP contribution < -0.4 is 9.62 Å². The molecule has 5 rings (SSSR count). The number of hydrogen-bond acceptors (Lipinski definition) is 7. The van der Waals surface area contributed by atoms with Gasteiger partial charge in [-0.2, -0.15) is 10.2 Å². The van der Waals surface area contributed by atoms with Crippen LogP contribution in [0.1, 0.15) is 13.3 Å². The molecule has 0 unspecified atom stereocenters. The van der Waals surface area contributed by atoms with Gasteiger partial charge in [-0.15, -0.1) is 0 Å². The third kappa shape index (κ3) is 3.61. The van der Waals surface area contributed by atoms with E-state index in [1.54, 1.807) is 30.3 Å². The number of aryl methyl sites for hydroxylation is 1. The molecule has 1 aliphatic heterocycles. The Morgan fingerprint density at radius 1 is 1.16 bits per heavy atom. The molecule has 1 N–H and O–H groups in total. The SMILES string of the molecule is C[C@H]1CCN(c2ccnc(-n3cc(S(=O)(=O)Nc4cncc5cnn(C)c45)cn3)c2)C1. The number of sulfonamides is 1. The second-order valence-corrected chi connectivity index (χ2v) is 9.51. The minimum Gasteiger partial charge on any atom is -0.371 e. The van der Waals surface area contributed by atoms with E-state index in [2.05, 4.69) is 36.7 Å². The van der Waals surface area contributed by atoms with E-state index in [-0.39, 0.29) is 4.90 Å². The van der Waals surface area contributed by atoms with Crippen molar-refractivity contribution in [2.24, 2.45) is 13.0 Å². The van der Waals surface area contributed by atoms with E-state index in [1.165, 1.54) is 23.3 Å². The number of aromatic nitrogens is 6. The van der Waals surface area contributed by atoms with Crippen LogP contribution in [0.5, 0.6) is 0 Å². The number of anilines is 2. The number of fused-ring (bicyclic) bond motifs is 1. The molecule has 1 fully saturated rings. The van der Waals surface area contributed by atoms with Gasteiger partial charge in [0.25, 0.3) is 10.0 Å². The molecule has 1 saturated heterocycles. The van der Waals surface area contributed by atoms with E-state index >= 15 is 0 Å². The summed E-state index contributed by atoms with van der Waals surface area (Å²) in [5.41, 5.74) is 2.06. The van der Waals surface area contributed by atoms with Gasteiger partial charge in [0.05, 0.1) is 36.0 Å². The van der Waals surface area contributed by atoms with Crippen molar-refractivity contribution in [3.8, 4) is 5.82 Å². The topological polar surface area (TPSA) is 111 Å². The van der Waals surface area contributed by atoms with Crippen molar-refractivity contribution < 1.29 is 8.42 Å². The summed E-state index contributed by atoms with van der Waals surface area (Å²) < 4.78 is 31.6. The maximum Gasteiger partial charge on any atom is 0.265 e. The predicted molar refractivity (Wildman–Crippen MR) is 117 cm³/mol. The summed E-state index contributed by atoms with van der Waals surface area (Å²) in [6.07, 6.45) is 10.4. The number of nitrogens with one attached hydrogen (secondary N) is 1. The van der Waals surface area contributed by atoms with E-state index in [0.29, 0.717) is 22.9 Å². The van der Waals surface area contributed by atoms with Gasteiger partial charge in [-0.05, 0) is 18.4 Å². The van der Waals surface area contributed by atoms with Crippen LogP contribution in [0.15, 0.2) is 54.2 Å². The van der Waals surface area contributed by atoms with Crippen LogP contribution in [-0.4, -0.2) is 51.0 Å². The lowest BCUT2D eigenvalue weighted by atomic mass is 10.2. The number of rotatable bonds is 5. The van der Waals surface area contributed by atoms with Crippen molar-refractivity contribution in [1.29, 1.82) is 0 Å². The maximum absolute atomic E-state index is 13.0. The third-order valence-electron chi connectivity index (χ3n) is 5.51. The van der Waals surface area contributed by atoms with Crippen LogP contribution >= 0.6 is 0 Å². The van der Waals surface area contributed by atoms with E-state index in [0.717, 1.165) is 30.6 Å². The highest BCUT2D eigenvalue weighted by Crippen LogP contribution is 2.26. The van der Waals surface area contributed by atoms with Gasteiger partial charge in [0.2, 0.25) is 0 Å². The Kier molecular flexibility index (Phi) is 4.62. The van der Waals surface area contributed by atoms with Crippen LogP contribution in [0.4, 0.5) is 11.4 Å². The van der Waals surface area contributed by atoms with Crippen LogP contribution in [0.25, 0.3) is 16.7 Å². The van der Waals surface area contributed by atoms with E-state index in [4.69, 9.17) is 0 Å². The van der Waals surface area contributed by atoms with Gasteiger partial charge in [-0.25, -0.2) is 18.1 Å². The van der Waals surface area contributed by atoms with Gasteiger partial charge < -0.3 is 4.90 Å². The summed E-state index contributed by atoms with van der Waals surface area (Å²) in [5, 5.41) is 9.14. The summed E-state index contributed by atoms with van der Waals surface area (Å²) in [7, 11) is -2.12. The first-order valence-corrected chi connectivity index (χ1v) is 11.4. The molecule has 4 aromatic rings. The number of nitrogens with zero attached hydrogens (tertiary/aromatic N) is 7. The molecule has 0 saturated carbocycles. The van der Waals surface area contributed by atoms with Crippen molar-refractivity contribution in [2.45, 2.75) is 18.2 Å². The molecule has 0 aromatic carbocycles. The molecule has 10 nitrogen and oxygen atoms in total. The second kappa shape index (κ2) is 7.34. The van der Waals surface area contributed by atoms with Crippen molar-refractivity contribution in [3.05, 3.63) is 49.3 Å². The fourth-order valence-corrected chi connectivity index (χ4v) is 4.86. The molecule has 160 valence electrons. The molecule has 0 amide bonds. The molecule has 5 heterocycles. The minimum absolute atomic E-state index is 0.0358. The average molecular weight is 439 g/mol. The lowest BCUT2D eigenvalue weighted by Gasteiger charge is -2.18. The first-order chi connectivity index (χ1) is 14.9. The van der Waals surface area contributed by atoms with Gasteiger partial charge in [0.1, 0.15) is 4.90 Å². The Morgan fingerprint density at radius 3 is 2.84 bits per heavy atom. The lowest BCUT2D eigenvalue weighted by molar-refractivity contribution is 0.601. The highest BCUT2D eigenvalue weighted by Gasteiger charge is 2.22. The van der Waals surface area contributed by atoms with Gasteiger partial charge in [0.15, 0.2) is 5.82 Å². The lowest BCUT2D eigenvalue weighted by Crippen LogP contribution is -2.19. The Morgan fingerprint density at radius 2 is 2.03 bits per heavy atom. The smallest absolute Gasteiger partial charge is 0.265 e. The molecule has 31 heavy (non-hydrogen) atoms. The summed E-state index contributed by atoms with van der Waals surface area (Å²) in [6, 6.07) is 3.89. The zero-order valence-electron chi connectivity index (χ0n) is 17.2. The van der Waals surface area contributed by atoms with Crippen LogP contribution in [0.3, 0.4) is 0 Å². The zero-order chi connectivity index (χ0) is 21.6. The van der Waals surface area contributed by atoms with Crippen molar-refractivity contribution >= 4 is 32.3 Å². The van der Waals surface area contributed by atoms with Crippen molar-refractivity contribution in [2.75, 3.05) is 22.7 Å². The van der Waals surface area contributed by atoms with E-state index in [1.807, 2.05) is 12.1 Å². The van der Waals surface area contributed by atoms with Crippen molar-refractivity contribution in [3.63, 3.8) is 0 Å². The molecule has 11 heteroatoms. The Hall–Kier alpha value is -3.47. The average Bonchev–Trinajstić information content (AvgIpc) is 3.49. The molecular weight excluding hydrogens is 416 g/mol. The highest BCUT2D eigenvalue weighted by molar-refractivity contribution is 7.92. The first kappa shape index (κ1) is 19.5. The molecule has 0 bridgehead atoms. The van der Waals surface area contributed by atoms with Crippen molar-refractivity contribution in [1.82, 2.24) is 29.5 Å². The monoisotopic (exact) mass is 438 g/mol. The van der Waals surface area contributed by atoms with Crippen LogP contribution in [-0.2, 0) is 17.1 Å².